The standard InChI is InChI=1S/C22H25N7O5S/c1-13(14-4-6-16(31-2)18(10-14)32-3)25-26-21-27-28-22(29(21)23)35-12-20(30)24-15-5-7-17-19(11-15)34-9-8-33-17/h4-7,10-11H,8-9,12,23H2,1-3H3,(H,24,30)(H,26,27)/b25-13+. The fraction of sp³-hybridized carbons (Fsp3) is 0.273. The summed E-state index contributed by atoms with van der Waals surface area (Å²) in [4.78, 5) is 12.4. The Labute approximate surface area is 205 Å². The number of rotatable bonds is 9. The lowest BCUT2D eigenvalue weighted by Gasteiger charge is -2.18. The van der Waals surface area contributed by atoms with Gasteiger partial charge in [0.2, 0.25) is 11.1 Å². The van der Waals surface area contributed by atoms with E-state index in [2.05, 4.69) is 26.0 Å². The zero-order chi connectivity index (χ0) is 24.8. The Morgan fingerprint density at radius 2 is 1.89 bits per heavy atom. The summed E-state index contributed by atoms with van der Waals surface area (Å²) in [6.45, 7) is 2.80. The average molecular weight is 500 g/mol. The van der Waals surface area contributed by atoms with Gasteiger partial charge in [0.1, 0.15) is 13.2 Å². The summed E-state index contributed by atoms with van der Waals surface area (Å²) < 4.78 is 22.8. The highest BCUT2D eigenvalue weighted by molar-refractivity contribution is 7.99. The molecule has 13 heteroatoms. The van der Waals surface area contributed by atoms with Crippen molar-refractivity contribution in [3.8, 4) is 23.0 Å². The molecule has 0 saturated heterocycles. The molecule has 0 aliphatic carbocycles. The number of fused-ring (bicyclic) bond motifs is 1. The Morgan fingerprint density at radius 3 is 2.66 bits per heavy atom. The Balaban J connectivity index is 1.33. The van der Waals surface area contributed by atoms with E-state index in [-0.39, 0.29) is 17.6 Å². The van der Waals surface area contributed by atoms with Gasteiger partial charge in [-0.25, -0.2) is 10.1 Å². The minimum absolute atomic E-state index is 0.0811. The molecule has 1 aromatic heterocycles. The fourth-order valence-electron chi connectivity index (χ4n) is 3.16. The van der Waals surface area contributed by atoms with Crippen molar-refractivity contribution in [2.45, 2.75) is 12.1 Å². The summed E-state index contributed by atoms with van der Waals surface area (Å²) in [6.07, 6.45) is 0. The summed E-state index contributed by atoms with van der Waals surface area (Å²) in [7, 11) is 3.14. The van der Waals surface area contributed by atoms with Crippen LogP contribution in [0, 0.1) is 0 Å². The first kappa shape index (κ1) is 24.0. The zero-order valence-corrected chi connectivity index (χ0v) is 20.2. The molecule has 35 heavy (non-hydrogen) atoms. The number of nitrogens with two attached hydrogens (primary N) is 1. The van der Waals surface area contributed by atoms with Crippen LogP contribution in [-0.2, 0) is 4.79 Å². The van der Waals surface area contributed by atoms with E-state index in [9.17, 15) is 4.79 Å². The number of nitrogen functional groups attached to an aromatic ring is 1. The smallest absolute Gasteiger partial charge is 0.264 e. The highest BCUT2D eigenvalue weighted by atomic mass is 32.2. The van der Waals surface area contributed by atoms with Gasteiger partial charge in [-0.05, 0) is 37.3 Å². The van der Waals surface area contributed by atoms with E-state index >= 15 is 0 Å². The molecular formula is C22H25N7O5S. The lowest BCUT2D eigenvalue weighted by Crippen LogP contribution is -2.18. The second-order valence-electron chi connectivity index (χ2n) is 7.25. The first-order valence-electron chi connectivity index (χ1n) is 10.5. The molecule has 2 heterocycles. The number of ether oxygens (including phenoxy) is 4. The Bertz CT molecular complexity index is 1250. The second-order valence-corrected chi connectivity index (χ2v) is 8.19. The number of thioether (sulfide) groups is 1. The van der Waals surface area contributed by atoms with Crippen LogP contribution in [0.1, 0.15) is 12.5 Å². The normalized spacial score (nSPS) is 12.7. The number of nitrogens with zero attached hydrogens (tertiary/aromatic N) is 4. The fourth-order valence-corrected chi connectivity index (χ4v) is 3.82. The van der Waals surface area contributed by atoms with Crippen molar-refractivity contribution in [1.29, 1.82) is 0 Å². The molecule has 0 unspecified atom stereocenters. The van der Waals surface area contributed by atoms with E-state index in [1.54, 1.807) is 38.5 Å². The quantitative estimate of drug-likeness (QED) is 0.173. The van der Waals surface area contributed by atoms with E-state index in [0.717, 1.165) is 17.3 Å². The number of hydrazone groups is 1. The van der Waals surface area contributed by atoms with Gasteiger partial charge in [-0.2, -0.15) is 5.10 Å². The molecule has 4 N–H and O–H groups in total. The second kappa shape index (κ2) is 10.9. The molecule has 1 aliphatic rings. The topological polar surface area (TPSA) is 147 Å². The molecule has 12 nitrogen and oxygen atoms in total. The first-order valence-corrected chi connectivity index (χ1v) is 11.5. The summed E-state index contributed by atoms with van der Waals surface area (Å²) in [6, 6.07) is 10.7. The highest BCUT2D eigenvalue weighted by Crippen LogP contribution is 2.32. The van der Waals surface area contributed by atoms with Gasteiger partial charge in [0, 0.05) is 17.3 Å². The van der Waals surface area contributed by atoms with Gasteiger partial charge in [-0.1, -0.05) is 11.8 Å². The third-order valence-electron chi connectivity index (χ3n) is 4.95. The van der Waals surface area contributed by atoms with Gasteiger partial charge >= 0.3 is 0 Å². The number of anilines is 2. The number of carbonyl (C=O) groups excluding carboxylic acids is 1. The number of aromatic nitrogens is 3. The van der Waals surface area contributed by atoms with Crippen LogP contribution in [-0.4, -0.2) is 59.7 Å². The van der Waals surface area contributed by atoms with Crippen LogP contribution in [0.5, 0.6) is 23.0 Å². The van der Waals surface area contributed by atoms with Crippen molar-refractivity contribution in [2.75, 3.05) is 49.8 Å². The van der Waals surface area contributed by atoms with Gasteiger partial charge in [0.15, 0.2) is 23.0 Å². The number of hydrogen-bond acceptors (Lipinski definition) is 11. The number of nitrogens with one attached hydrogen (secondary N) is 2. The summed E-state index contributed by atoms with van der Waals surface area (Å²) in [5.74, 6) is 8.61. The summed E-state index contributed by atoms with van der Waals surface area (Å²) in [5.41, 5.74) is 4.89. The molecular weight excluding hydrogens is 474 g/mol. The van der Waals surface area contributed by atoms with E-state index in [1.165, 1.54) is 4.68 Å². The van der Waals surface area contributed by atoms with Crippen LogP contribution in [0.3, 0.4) is 0 Å². The molecule has 0 bridgehead atoms. The predicted octanol–water partition coefficient (Wildman–Crippen LogP) is 2.35. The molecule has 1 aliphatic heterocycles. The monoisotopic (exact) mass is 499 g/mol. The van der Waals surface area contributed by atoms with E-state index in [4.69, 9.17) is 24.8 Å². The molecule has 2 aromatic carbocycles. The van der Waals surface area contributed by atoms with Crippen molar-refractivity contribution in [2.24, 2.45) is 5.10 Å². The van der Waals surface area contributed by atoms with Gasteiger partial charge in [-0.3, -0.25) is 4.79 Å². The van der Waals surface area contributed by atoms with Crippen LogP contribution >= 0.6 is 11.8 Å². The van der Waals surface area contributed by atoms with Crippen LogP contribution < -0.4 is 35.5 Å². The van der Waals surface area contributed by atoms with Crippen molar-refractivity contribution in [3.05, 3.63) is 42.0 Å². The SMILES string of the molecule is COc1ccc(/C(C)=N/Nc2nnc(SCC(=O)Nc3ccc4c(c3)OCCO4)n2N)cc1OC. The molecule has 1 amide bonds. The molecule has 0 radical (unpaired) electrons. The van der Waals surface area contributed by atoms with E-state index in [1.807, 2.05) is 19.1 Å². The third-order valence-corrected chi connectivity index (χ3v) is 5.89. The van der Waals surface area contributed by atoms with E-state index < -0.39 is 0 Å². The number of methoxy groups -OCH3 is 2. The Kier molecular flexibility index (Phi) is 7.45. The summed E-state index contributed by atoms with van der Waals surface area (Å²) in [5, 5.41) is 15.5. The van der Waals surface area contributed by atoms with E-state index in [0.29, 0.717) is 52.8 Å². The van der Waals surface area contributed by atoms with Gasteiger partial charge in [0.05, 0.1) is 25.7 Å². The van der Waals surface area contributed by atoms with Gasteiger partial charge < -0.3 is 30.1 Å². The van der Waals surface area contributed by atoms with Crippen molar-refractivity contribution < 1.29 is 23.7 Å². The summed E-state index contributed by atoms with van der Waals surface area (Å²) >= 11 is 1.14. The van der Waals surface area contributed by atoms with Crippen LogP contribution in [0.25, 0.3) is 0 Å². The molecule has 184 valence electrons. The number of carbonyl (C=O) groups is 1. The van der Waals surface area contributed by atoms with Crippen LogP contribution in [0.4, 0.5) is 11.6 Å². The molecule has 0 saturated carbocycles. The molecule has 0 fully saturated rings. The molecule has 4 rings (SSSR count). The number of hydrogen-bond donors (Lipinski definition) is 3. The minimum Gasteiger partial charge on any atom is -0.493 e. The maximum atomic E-state index is 12.4. The highest BCUT2D eigenvalue weighted by Gasteiger charge is 2.15. The molecule has 0 atom stereocenters. The van der Waals surface area contributed by atoms with Gasteiger partial charge in [0.25, 0.3) is 5.95 Å². The predicted molar refractivity (Wildman–Crippen MR) is 132 cm³/mol. The third kappa shape index (κ3) is 5.69. The number of benzene rings is 2. The van der Waals surface area contributed by atoms with Crippen LogP contribution in [0.15, 0.2) is 46.7 Å². The minimum atomic E-state index is -0.230. The lowest BCUT2D eigenvalue weighted by molar-refractivity contribution is -0.113. The average Bonchev–Trinajstić information content (AvgIpc) is 3.24. The largest absolute Gasteiger partial charge is 0.493 e. The van der Waals surface area contributed by atoms with Crippen molar-refractivity contribution in [1.82, 2.24) is 14.9 Å². The molecule has 3 aromatic rings. The first-order chi connectivity index (χ1) is 17.0. The number of amides is 1. The molecule has 0 spiro atoms. The zero-order valence-electron chi connectivity index (χ0n) is 19.4. The Morgan fingerprint density at radius 1 is 1.11 bits per heavy atom. The lowest BCUT2D eigenvalue weighted by atomic mass is 10.1. The Hall–Kier alpha value is -4.13. The maximum absolute atomic E-state index is 12.4. The van der Waals surface area contributed by atoms with Gasteiger partial charge in [-0.15, -0.1) is 10.2 Å². The van der Waals surface area contributed by atoms with Crippen LogP contribution in [0.2, 0.25) is 0 Å². The van der Waals surface area contributed by atoms with Crippen molar-refractivity contribution >= 4 is 35.0 Å². The van der Waals surface area contributed by atoms with Crippen molar-refractivity contribution in [3.63, 3.8) is 0 Å². The maximum Gasteiger partial charge on any atom is 0.264 e.